The maximum Gasteiger partial charge on any atom is 0.270 e. The summed E-state index contributed by atoms with van der Waals surface area (Å²) in [5.41, 5.74) is -0.00783. The van der Waals surface area contributed by atoms with Gasteiger partial charge in [-0.1, -0.05) is 25.6 Å². The monoisotopic (exact) mass is 515 g/mol. The van der Waals surface area contributed by atoms with Gasteiger partial charge in [-0.25, -0.2) is 17.8 Å². The third kappa shape index (κ3) is 6.13. The second-order valence-corrected chi connectivity index (χ2v) is 10.1. The highest BCUT2D eigenvalue weighted by atomic mass is 32.2. The molecule has 3 aromatic rings. The summed E-state index contributed by atoms with van der Waals surface area (Å²) in [6.45, 7) is 4.21. The molecule has 0 aliphatic heterocycles. The Hall–Kier alpha value is -3.53. The van der Waals surface area contributed by atoms with Crippen LogP contribution in [0, 0.1) is 17.1 Å². The molecule has 0 saturated carbocycles. The number of rotatable bonds is 9. The lowest BCUT2D eigenvalue weighted by Gasteiger charge is -2.18. The van der Waals surface area contributed by atoms with E-state index in [1.54, 1.807) is 19.9 Å². The van der Waals surface area contributed by atoms with Crippen LogP contribution in [0.5, 0.6) is 0 Å². The molecule has 3 rings (SSSR count). The largest absolute Gasteiger partial charge is 0.325 e. The minimum absolute atomic E-state index is 0.0872. The Bertz CT molecular complexity index is 1410. The van der Waals surface area contributed by atoms with Gasteiger partial charge < -0.3 is 10.3 Å². The van der Waals surface area contributed by atoms with Crippen LogP contribution in [0.4, 0.5) is 10.1 Å². The molecule has 9 nitrogen and oxygen atoms in total. The van der Waals surface area contributed by atoms with Crippen LogP contribution >= 0.6 is 11.8 Å². The number of H-pyrrole nitrogens is 1. The lowest BCUT2D eigenvalue weighted by atomic mass is 10.1. The second kappa shape index (κ2) is 11.3. The first-order chi connectivity index (χ1) is 16.7. The molecule has 0 unspecified atom stereocenters. The number of thioether (sulfide) groups is 1. The molecule has 0 aliphatic rings. The molecule has 2 aromatic carbocycles. The third-order valence-corrected chi connectivity index (χ3v) is 7.89. The molecule has 1 amide bonds. The van der Waals surface area contributed by atoms with Crippen molar-refractivity contribution in [1.29, 1.82) is 5.26 Å². The lowest BCUT2D eigenvalue weighted by Crippen LogP contribution is -2.30. The fourth-order valence-electron chi connectivity index (χ4n) is 3.20. The number of benzene rings is 2. The average Bonchev–Trinajstić information content (AvgIpc) is 2.84. The highest BCUT2D eigenvalue weighted by Crippen LogP contribution is 2.23. The van der Waals surface area contributed by atoms with Crippen molar-refractivity contribution in [2.75, 3.05) is 24.2 Å². The fraction of sp³-hybridized carbons (Fsp3) is 0.217. The van der Waals surface area contributed by atoms with Crippen molar-refractivity contribution < 1.29 is 17.6 Å². The number of aromatic nitrogens is 2. The first-order valence-electron chi connectivity index (χ1n) is 10.5. The summed E-state index contributed by atoms with van der Waals surface area (Å²) in [7, 11) is -3.60. The molecule has 0 bridgehead atoms. The van der Waals surface area contributed by atoms with E-state index in [1.165, 1.54) is 52.8 Å². The van der Waals surface area contributed by atoms with Gasteiger partial charge in [0.15, 0.2) is 5.16 Å². The normalized spacial score (nSPS) is 11.3. The average molecular weight is 516 g/mol. The van der Waals surface area contributed by atoms with E-state index in [1.807, 2.05) is 0 Å². The molecule has 182 valence electrons. The van der Waals surface area contributed by atoms with Gasteiger partial charge in [-0.3, -0.25) is 9.59 Å². The Morgan fingerprint density at radius 3 is 2.34 bits per heavy atom. The van der Waals surface area contributed by atoms with Gasteiger partial charge in [-0.2, -0.15) is 9.57 Å². The highest BCUT2D eigenvalue weighted by Gasteiger charge is 2.21. The van der Waals surface area contributed by atoms with Crippen LogP contribution in [-0.2, 0) is 14.8 Å². The smallest absolute Gasteiger partial charge is 0.270 e. The Morgan fingerprint density at radius 2 is 1.77 bits per heavy atom. The molecule has 0 fully saturated rings. The first kappa shape index (κ1) is 26.1. The number of nitriles is 1. The number of carbonyl (C=O) groups is 1. The van der Waals surface area contributed by atoms with Gasteiger partial charge in [0.05, 0.1) is 16.3 Å². The van der Waals surface area contributed by atoms with Gasteiger partial charge in [0.25, 0.3) is 5.56 Å². The van der Waals surface area contributed by atoms with E-state index in [9.17, 15) is 27.7 Å². The van der Waals surface area contributed by atoms with Gasteiger partial charge in [-0.15, -0.1) is 0 Å². The zero-order valence-electron chi connectivity index (χ0n) is 18.9. The predicted octanol–water partition coefficient (Wildman–Crippen LogP) is 3.21. The molecule has 2 N–H and O–H groups in total. The molecule has 0 radical (unpaired) electrons. The van der Waals surface area contributed by atoms with Crippen molar-refractivity contribution in [3.8, 4) is 17.3 Å². The summed E-state index contributed by atoms with van der Waals surface area (Å²) in [4.78, 5) is 31.6. The van der Waals surface area contributed by atoms with Crippen LogP contribution in [0.2, 0.25) is 0 Å². The van der Waals surface area contributed by atoms with Crippen LogP contribution in [0.25, 0.3) is 11.3 Å². The maximum absolute atomic E-state index is 13.2. The number of halogens is 1. The van der Waals surface area contributed by atoms with E-state index < -0.39 is 27.3 Å². The number of anilines is 1. The summed E-state index contributed by atoms with van der Waals surface area (Å²) in [6, 6.07) is 12.8. The van der Waals surface area contributed by atoms with Crippen LogP contribution in [-0.4, -0.2) is 47.4 Å². The van der Waals surface area contributed by atoms with Gasteiger partial charge >= 0.3 is 0 Å². The maximum atomic E-state index is 13.2. The summed E-state index contributed by atoms with van der Waals surface area (Å²) in [5, 5.41) is 12.1. The number of carbonyl (C=O) groups excluding carboxylic acids is 1. The quantitative estimate of drug-likeness (QED) is 0.330. The van der Waals surface area contributed by atoms with Gasteiger partial charge in [-0.05, 0) is 48.5 Å². The standard InChI is InChI=1S/C23H22FN5O4S2/c1-3-29(4-2)35(32,33)18-11-9-17(10-12-18)26-20(30)14-34-23-27-21(19(13-25)22(31)28-23)15-5-7-16(24)8-6-15/h5-12H,3-4,14H2,1-2H3,(H,26,30)(H,27,28,31). The van der Waals surface area contributed by atoms with Crippen molar-refractivity contribution in [1.82, 2.24) is 14.3 Å². The summed E-state index contributed by atoms with van der Waals surface area (Å²) in [6.07, 6.45) is 0. The highest BCUT2D eigenvalue weighted by molar-refractivity contribution is 7.99. The van der Waals surface area contributed by atoms with Crippen molar-refractivity contribution in [3.05, 3.63) is 70.3 Å². The Balaban J connectivity index is 1.71. The molecule has 0 aliphatic carbocycles. The number of amides is 1. The SMILES string of the molecule is CCN(CC)S(=O)(=O)c1ccc(NC(=O)CSc2nc(-c3ccc(F)cc3)c(C#N)c(=O)[nH]2)cc1. The number of hydrogen-bond acceptors (Lipinski definition) is 7. The van der Waals surface area contributed by atoms with Crippen molar-refractivity contribution in [3.63, 3.8) is 0 Å². The number of hydrogen-bond donors (Lipinski definition) is 2. The van der Waals surface area contributed by atoms with Gasteiger partial charge in [0.1, 0.15) is 17.4 Å². The van der Waals surface area contributed by atoms with Crippen LogP contribution in [0.15, 0.2) is 63.4 Å². The van der Waals surface area contributed by atoms with E-state index in [2.05, 4.69) is 15.3 Å². The van der Waals surface area contributed by atoms with Crippen molar-refractivity contribution in [2.45, 2.75) is 23.9 Å². The van der Waals surface area contributed by atoms with Crippen molar-refractivity contribution >= 4 is 33.4 Å². The molecule has 12 heteroatoms. The molecular weight excluding hydrogens is 493 g/mol. The van der Waals surface area contributed by atoms with Crippen LogP contribution in [0.3, 0.4) is 0 Å². The van der Waals surface area contributed by atoms with Crippen LogP contribution in [0.1, 0.15) is 19.4 Å². The summed E-state index contributed by atoms with van der Waals surface area (Å²) >= 11 is 0.946. The van der Waals surface area contributed by atoms with E-state index in [0.717, 1.165) is 11.8 Å². The van der Waals surface area contributed by atoms with E-state index in [0.29, 0.717) is 24.3 Å². The molecule has 1 aromatic heterocycles. The number of nitrogens with zero attached hydrogens (tertiary/aromatic N) is 3. The molecule has 35 heavy (non-hydrogen) atoms. The van der Waals surface area contributed by atoms with Gasteiger partial charge in [0.2, 0.25) is 15.9 Å². The van der Waals surface area contributed by atoms with E-state index in [4.69, 9.17) is 0 Å². The fourth-order valence-corrected chi connectivity index (χ4v) is 5.31. The Morgan fingerprint density at radius 1 is 1.14 bits per heavy atom. The lowest BCUT2D eigenvalue weighted by molar-refractivity contribution is -0.113. The molecule has 0 saturated heterocycles. The minimum atomic E-state index is -3.60. The molecule has 0 atom stereocenters. The third-order valence-electron chi connectivity index (χ3n) is 4.95. The first-order valence-corrected chi connectivity index (χ1v) is 12.9. The molecule has 1 heterocycles. The zero-order chi connectivity index (χ0) is 25.6. The van der Waals surface area contributed by atoms with E-state index in [-0.39, 0.29) is 27.1 Å². The van der Waals surface area contributed by atoms with Crippen LogP contribution < -0.4 is 10.9 Å². The number of nitrogens with one attached hydrogen (secondary N) is 2. The number of sulfonamides is 1. The molecule has 0 spiro atoms. The second-order valence-electron chi connectivity index (χ2n) is 7.16. The Kier molecular flexibility index (Phi) is 8.39. The number of aromatic amines is 1. The predicted molar refractivity (Wildman–Crippen MR) is 131 cm³/mol. The minimum Gasteiger partial charge on any atom is -0.325 e. The van der Waals surface area contributed by atoms with E-state index >= 15 is 0 Å². The summed E-state index contributed by atoms with van der Waals surface area (Å²) in [5.74, 6) is -0.997. The topological polar surface area (TPSA) is 136 Å². The molecular formula is C23H22FN5O4S2. The van der Waals surface area contributed by atoms with Crippen molar-refractivity contribution in [2.24, 2.45) is 0 Å². The summed E-state index contributed by atoms with van der Waals surface area (Å²) < 4.78 is 39.7. The Labute approximate surface area is 206 Å². The zero-order valence-corrected chi connectivity index (χ0v) is 20.5. The van der Waals surface area contributed by atoms with Gasteiger partial charge in [0, 0.05) is 24.3 Å².